The van der Waals surface area contributed by atoms with E-state index < -0.39 is 10.0 Å². The molecule has 0 aliphatic carbocycles. The molecular formula is C23H20ClN4O2S-. The molecule has 0 unspecified atom stereocenters. The van der Waals surface area contributed by atoms with Crippen LogP contribution in [-0.4, -0.2) is 18.4 Å². The Morgan fingerprint density at radius 3 is 2.19 bits per heavy atom. The summed E-state index contributed by atoms with van der Waals surface area (Å²) in [4.78, 5) is 9.12. The number of halogens is 1. The van der Waals surface area contributed by atoms with Gasteiger partial charge in [0.15, 0.2) is 0 Å². The molecule has 158 valence electrons. The van der Waals surface area contributed by atoms with Crippen molar-refractivity contribution in [2.24, 2.45) is 0 Å². The van der Waals surface area contributed by atoms with Crippen LogP contribution in [0.3, 0.4) is 0 Å². The van der Waals surface area contributed by atoms with Crippen molar-refractivity contribution in [2.75, 3.05) is 5.32 Å². The minimum absolute atomic E-state index is 0.0198. The number of aromatic nitrogens is 2. The molecule has 0 saturated carbocycles. The van der Waals surface area contributed by atoms with Crippen molar-refractivity contribution < 1.29 is 8.42 Å². The highest BCUT2D eigenvalue weighted by molar-refractivity contribution is 7.94. The largest absolute Gasteiger partial charge is 0.431 e. The van der Waals surface area contributed by atoms with Crippen molar-refractivity contribution in [2.45, 2.75) is 25.7 Å². The van der Waals surface area contributed by atoms with Crippen LogP contribution in [0.2, 0.25) is 5.02 Å². The van der Waals surface area contributed by atoms with Gasteiger partial charge in [-0.05, 0) is 79.1 Å². The standard InChI is InChI=1S/C23H20ClN4O2S/c1-14-9-11-18(12-16(14)3)31(29,30)28-23-22(25-17-10-8-15(2)19(24)13-17)26-20-6-4-5-7-21(20)27-23/h4-13H,1-3H3,(H-,25,26,27,28)/q-1. The van der Waals surface area contributed by atoms with Gasteiger partial charge in [-0.15, -0.1) is 0 Å². The lowest BCUT2D eigenvalue weighted by Crippen LogP contribution is -2.03. The number of nitrogens with one attached hydrogen (secondary N) is 1. The summed E-state index contributed by atoms with van der Waals surface area (Å²) < 4.78 is 30.1. The Balaban J connectivity index is 1.78. The Bertz CT molecular complexity index is 1400. The van der Waals surface area contributed by atoms with E-state index in [1.165, 1.54) is 0 Å². The van der Waals surface area contributed by atoms with Crippen LogP contribution in [0.5, 0.6) is 0 Å². The van der Waals surface area contributed by atoms with Crippen LogP contribution in [0.4, 0.5) is 17.3 Å². The first-order valence-electron chi connectivity index (χ1n) is 9.58. The lowest BCUT2D eigenvalue weighted by atomic mass is 10.1. The number of benzene rings is 3. The second kappa shape index (κ2) is 8.17. The Labute approximate surface area is 186 Å². The Morgan fingerprint density at radius 2 is 1.52 bits per heavy atom. The van der Waals surface area contributed by atoms with Gasteiger partial charge < -0.3 is 15.0 Å². The number of hydrogen-bond donors (Lipinski definition) is 1. The third-order valence-corrected chi connectivity index (χ3v) is 6.64. The van der Waals surface area contributed by atoms with E-state index in [0.717, 1.165) is 16.7 Å². The monoisotopic (exact) mass is 451 g/mol. The molecule has 0 spiro atoms. The number of aryl methyl sites for hydroxylation is 3. The van der Waals surface area contributed by atoms with Crippen molar-refractivity contribution in [3.63, 3.8) is 0 Å². The molecule has 8 heteroatoms. The summed E-state index contributed by atoms with van der Waals surface area (Å²) in [5, 5.41) is 3.69. The first-order valence-corrected chi connectivity index (χ1v) is 11.4. The zero-order valence-electron chi connectivity index (χ0n) is 17.2. The van der Waals surface area contributed by atoms with Crippen LogP contribution in [0.1, 0.15) is 16.7 Å². The fraction of sp³-hybridized carbons (Fsp3) is 0.130. The van der Waals surface area contributed by atoms with Crippen LogP contribution >= 0.6 is 11.6 Å². The van der Waals surface area contributed by atoms with E-state index in [1.54, 1.807) is 36.4 Å². The van der Waals surface area contributed by atoms with E-state index >= 15 is 0 Å². The van der Waals surface area contributed by atoms with Crippen LogP contribution in [0.25, 0.3) is 15.8 Å². The Kier molecular flexibility index (Phi) is 5.56. The quantitative estimate of drug-likeness (QED) is 0.382. The van der Waals surface area contributed by atoms with Gasteiger partial charge in [0.2, 0.25) is 10.0 Å². The molecule has 4 aromatic rings. The second-order valence-electron chi connectivity index (χ2n) is 7.29. The molecule has 0 aliphatic rings. The van der Waals surface area contributed by atoms with Crippen LogP contribution < -0.4 is 5.32 Å². The van der Waals surface area contributed by atoms with E-state index in [2.05, 4.69) is 20.0 Å². The third kappa shape index (κ3) is 4.47. The minimum Gasteiger partial charge on any atom is -0.431 e. The number of sulfonamides is 1. The van der Waals surface area contributed by atoms with Crippen molar-refractivity contribution in [3.05, 3.63) is 87.1 Å². The van der Waals surface area contributed by atoms with Crippen molar-refractivity contribution in [3.8, 4) is 0 Å². The van der Waals surface area contributed by atoms with Gasteiger partial charge in [-0.3, -0.25) is 0 Å². The van der Waals surface area contributed by atoms with Gasteiger partial charge in [-0.2, -0.15) is 0 Å². The molecule has 0 fully saturated rings. The molecule has 0 aliphatic heterocycles. The predicted molar refractivity (Wildman–Crippen MR) is 125 cm³/mol. The SMILES string of the molecule is Cc1ccc(S(=O)(=O)[N-]c2nc3ccccc3nc2Nc2ccc(C)c(Cl)c2)cc1C. The molecule has 0 amide bonds. The Hall–Kier alpha value is -3.16. The summed E-state index contributed by atoms with van der Waals surface area (Å²) in [5.41, 5.74) is 4.62. The van der Waals surface area contributed by atoms with Gasteiger partial charge >= 0.3 is 0 Å². The van der Waals surface area contributed by atoms with E-state index in [0.29, 0.717) is 21.7 Å². The maximum absolute atomic E-state index is 13.0. The highest BCUT2D eigenvalue weighted by Gasteiger charge is 2.14. The number of nitrogens with zero attached hydrogens (tertiary/aromatic N) is 3. The fourth-order valence-electron chi connectivity index (χ4n) is 2.99. The fourth-order valence-corrected chi connectivity index (χ4v) is 4.19. The third-order valence-electron chi connectivity index (χ3n) is 4.97. The van der Waals surface area contributed by atoms with Gasteiger partial charge in [0.25, 0.3) is 0 Å². The van der Waals surface area contributed by atoms with Crippen molar-refractivity contribution in [1.82, 2.24) is 9.97 Å². The van der Waals surface area contributed by atoms with E-state index in [4.69, 9.17) is 11.6 Å². The van der Waals surface area contributed by atoms with Gasteiger partial charge in [0.1, 0.15) is 5.82 Å². The predicted octanol–water partition coefficient (Wildman–Crippen LogP) is 6.35. The summed E-state index contributed by atoms with van der Waals surface area (Å²) in [6.45, 7) is 5.68. The van der Waals surface area contributed by atoms with Crippen LogP contribution in [0.15, 0.2) is 65.6 Å². The lowest BCUT2D eigenvalue weighted by Gasteiger charge is -2.21. The molecule has 31 heavy (non-hydrogen) atoms. The van der Waals surface area contributed by atoms with Crippen LogP contribution in [0, 0.1) is 20.8 Å². The van der Waals surface area contributed by atoms with Crippen molar-refractivity contribution in [1.29, 1.82) is 0 Å². The van der Waals surface area contributed by atoms with E-state index in [1.807, 2.05) is 45.0 Å². The average Bonchev–Trinajstić information content (AvgIpc) is 2.73. The van der Waals surface area contributed by atoms with Gasteiger partial charge in [-0.25, -0.2) is 13.4 Å². The topological polar surface area (TPSA) is 86.1 Å². The highest BCUT2D eigenvalue weighted by Crippen LogP contribution is 2.35. The molecule has 0 radical (unpaired) electrons. The first-order chi connectivity index (χ1) is 14.7. The van der Waals surface area contributed by atoms with Crippen LogP contribution in [-0.2, 0) is 10.0 Å². The maximum Gasteiger partial charge on any atom is 0.202 e. The normalized spacial score (nSPS) is 11.5. The molecular weight excluding hydrogens is 432 g/mol. The molecule has 1 N–H and O–H groups in total. The summed E-state index contributed by atoms with van der Waals surface area (Å²) >= 11 is 6.23. The summed E-state index contributed by atoms with van der Waals surface area (Å²) in [7, 11) is -3.99. The Morgan fingerprint density at radius 1 is 0.839 bits per heavy atom. The van der Waals surface area contributed by atoms with Crippen molar-refractivity contribution >= 4 is 50.0 Å². The molecule has 0 bridgehead atoms. The molecule has 6 nitrogen and oxygen atoms in total. The number of fused-ring (bicyclic) bond motifs is 1. The van der Waals surface area contributed by atoms with Gasteiger partial charge in [0, 0.05) is 10.7 Å². The molecule has 4 rings (SSSR count). The number of hydrogen-bond acceptors (Lipinski definition) is 5. The van der Waals surface area contributed by atoms with E-state index in [-0.39, 0.29) is 16.5 Å². The number of anilines is 2. The van der Waals surface area contributed by atoms with Gasteiger partial charge in [-0.1, -0.05) is 41.9 Å². The van der Waals surface area contributed by atoms with Gasteiger partial charge in [0.05, 0.1) is 10.4 Å². The summed E-state index contributed by atoms with van der Waals surface area (Å²) in [5.74, 6) is 0.208. The maximum atomic E-state index is 13.0. The smallest absolute Gasteiger partial charge is 0.202 e. The average molecular weight is 452 g/mol. The molecule has 3 aromatic carbocycles. The van der Waals surface area contributed by atoms with E-state index in [9.17, 15) is 8.42 Å². The molecule has 0 atom stereocenters. The summed E-state index contributed by atoms with van der Waals surface area (Å²) in [6.07, 6.45) is 0. The first kappa shape index (κ1) is 21.1. The molecule has 1 aromatic heterocycles. The zero-order chi connectivity index (χ0) is 22.2. The zero-order valence-corrected chi connectivity index (χ0v) is 18.8. The molecule has 0 saturated heterocycles. The highest BCUT2D eigenvalue weighted by atomic mass is 35.5. The lowest BCUT2D eigenvalue weighted by molar-refractivity contribution is 0.603. The molecule has 1 heterocycles. The minimum atomic E-state index is -3.99. The number of rotatable bonds is 5. The number of para-hydroxylation sites is 2. The second-order valence-corrected chi connectivity index (χ2v) is 9.30. The summed E-state index contributed by atoms with van der Waals surface area (Å²) in [6, 6.07) is 17.6.